The third kappa shape index (κ3) is 2.42. The Balaban J connectivity index is 2.39. The lowest BCUT2D eigenvalue weighted by Gasteiger charge is -2.14. The molecule has 1 heterocycles. The van der Waals surface area contributed by atoms with Gasteiger partial charge in [0.25, 0.3) is 0 Å². The number of hydrogen-bond donors (Lipinski definition) is 1. The molecule has 100 valence electrons. The Morgan fingerprint density at radius 3 is 2.79 bits per heavy atom. The second-order valence-electron chi connectivity index (χ2n) is 4.26. The monoisotopic (exact) mass is 261 g/mol. The van der Waals surface area contributed by atoms with Crippen LogP contribution in [0.4, 0.5) is 0 Å². The summed E-state index contributed by atoms with van der Waals surface area (Å²) in [5.41, 5.74) is 1.20. The number of hydrogen-bond acceptors (Lipinski definition) is 3. The summed E-state index contributed by atoms with van der Waals surface area (Å²) in [7, 11) is 1.73. The molecule has 0 fully saturated rings. The molecule has 2 aromatic rings. The SMILES string of the molecule is CCN(C)C(=O)Cn1cnc2c(C(=O)O)cccc21. The second-order valence-corrected chi connectivity index (χ2v) is 4.26. The first kappa shape index (κ1) is 13.1. The van der Waals surface area contributed by atoms with E-state index in [1.165, 1.54) is 12.4 Å². The second kappa shape index (κ2) is 5.09. The zero-order valence-corrected chi connectivity index (χ0v) is 10.8. The fourth-order valence-electron chi connectivity index (χ4n) is 1.83. The molecule has 2 rings (SSSR count). The number of imidazole rings is 1. The van der Waals surface area contributed by atoms with Crippen molar-refractivity contribution in [3.8, 4) is 0 Å². The normalized spacial score (nSPS) is 10.6. The number of carboxylic acids is 1. The summed E-state index contributed by atoms with van der Waals surface area (Å²) < 4.78 is 1.66. The molecular weight excluding hydrogens is 246 g/mol. The highest BCUT2D eigenvalue weighted by Crippen LogP contribution is 2.17. The topological polar surface area (TPSA) is 75.4 Å². The zero-order valence-electron chi connectivity index (χ0n) is 10.8. The number of rotatable bonds is 4. The Hall–Kier alpha value is -2.37. The van der Waals surface area contributed by atoms with Crippen LogP contribution < -0.4 is 0 Å². The molecule has 0 spiro atoms. The highest BCUT2D eigenvalue weighted by molar-refractivity contribution is 6.01. The van der Waals surface area contributed by atoms with Crippen molar-refractivity contribution in [2.24, 2.45) is 0 Å². The number of fused-ring (bicyclic) bond motifs is 1. The summed E-state index contributed by atoms with van der Waals surface area (Å²) in [4.78, 5) is 28.6. The first-order valence-corrected chi connectivity index (χ1v) is 5.95. The van der Waals surface area contributed by atoms with Gasteiger partial charge in [-0.15, -0.1) is 0 Å². The standard InChI is InChI=1S/C13H15N3O3/c1-3-15(2)11(17)7-16-8-14-12-9(13(18)19)5-4-6-10(12)16/h4-6,8H,3,7H2,1-2H3,(H,18,19). The minimum Gasteiger partial charge on any atom is -0.478 e. The maximum absolute atomic E-state index is 11.9. The molecule has 0 aliphatic carbocycles. The summed E-state index contributed by atoms with van der Waals surface area (Å²) >= 11 is 0. The van der Waals surface area contributed by atoms with E-state index >= 15 is 0 Å². The molecule has 0 saturated heterocycles. The van der Waals surface area contributed by atoms with E-state index in [-0.39, 0.29) is 18.0 Å². The Kier molecular flexibility index (Phi) is 3.50. The average molecular weight is 261 g/mol. The van der Waals surface area contributed by atoms with Crippen LogP contribution in [-0.4, -0.2) is 45.0 Å². The lowest BCUT2D eigenvalue weighted by atomic mass is 10.2. The number of carbonyl (C=O) groups excluding carboxylic acids is 1. The van der Waals surface area contributed by atoms with Crippen LogP contribution in [0.15, 0.2) is 24.5 Å². The minimum absolute atomic E-state index is 0.0393. The van der Waals surface area contributed by atoms with Crippen LogP contribution in [0.25, 0.3) is 11.0 Å². The molecule has 0 atom stereocenters. The largest absolute Gasteiger partial charge is 0.478 e. The molecule has 1 N–H and O–H groups in total. The quantitative estimate of drug-likeness (QED) is 0.897. The first-order valence-electron chi connectivity index (χ1n) is 5.95. The summed E-state index contributed by atoms with van der Waals surface area (Å²) in [6, 6.07) is 4.91. The van der Waals surface area contributed by atoms with Gasteiger partial charge >= 0.3 is 5.97 Å². The Morgan fingerprint density at radius 1 is 1.42 bits per heavy atom. The van der Waals surface area contributed by atoms with Gasteiger partial charge in [0.1, 0.15) is 12.1 Å². The van der Waals surface area contributed by atoms with Crippen LogP contribution in [0.2, 0.25) is 0 Å². The molecule has 0 radical (unpaired) electrons. The van der Waals surface area contributed by atoms with Gasteiger partial charge in [-0.1, -0.05) is 6.07 Å². The van der Waals surface area contributed by atoms with Gasteiger partial charge in [0, 0.05) is 13.6 Å². The predicted molar refractivity (Wildman–Crippen MR) is 70.0 cm³/mol. The van der Waals surface area contributed by atoms with Gasteiger partial charge in [0.15, 0.2) is 0 Å². The summed E-state index contributed by atoms with van der Waals surface area (Å²) in [5.74, 6) is -1.06. The van der Waals surface area contributed by atoms with Crippen molar-refractivity contribution >= 4 is 22.9 Å². The fourth-order valence-corrected chi connectivity index (χ4v) is 1.83. The van der Waals surface area contributed by atoms with Crippen LogP contribution in [0, 0.1) is 0 Å². The van der Waals surface area contributed by atoms with Crippen molar-refractivity contribution in [1.29, 1.82) is 0 Å². The molecular formula is C13H15N3O3. The summed E-state index contributed by atoms with van der Waals surface area (Å²) in [6.07, 6.45) is 1.50. The van der Waals surface area contributed by atoms with Crippen molar-refractivity contribution in [3.05, 3.63) is 30.1 Å². The molecule has 6 nitrogen and oxygen atoms in total. The van der Waals surface area contributed by atoms with Crippen LogP contribution in [0.5, 0.6) is 0 Å². The number of amides is 1. The third-order valence-electron chi connectivity index (χ3n) is 3.09. The molecule has 1 amide bonds. The Labute approximate surface area is 110 Å². The number of aromatic carboxylic acids is 1. The smallest absolute Gasteiger partial charge is 0.337 e. The van der Waals surface area contributed by atoms with Crippen molar-refractivity contribution in [2.45, 2.75) is 13.5 Å². The van der Waals surface area contributed by atoms with E-state index < -0.39 is 5.97 Å². The number of aromatic nitrogens is 2. The van der Waals surface area contributed by atoms with Gasteiger partial charge in [-0.05, 0) is 19.1 Å². The van der Waals surface area contributed by atoms with E-state index in [2.05, 4.69) is 4.98 Å². The van der Waals surface area contributed by atoms with Gasteiger partial charge in [-0.25, -0.2) is 9.78 Å². The van der Waals surface area contributed by atoms with Crippen molar-refractivity contribution in [1.82, 2.24) is 14.5 Å². The molecule has 0 bridgehead atoms. The predicted octanol–water partition coefficient (Wildman–Crippen LogP) is 1.21. The fraction of sp³-hybridized carbons (Fsp3) is 0.308. The van der Waals surface area contributed by atoms with E-state index in [1.807, 2.05) is 6.92 Å². The molecule has 1 aromatic carbocycles. The molecule has 1 aromatic heterocycles. The lowest BCUT2D eigenvalue weighted by Crippen LogP contribution is -2.29. The van der Waals surface area contributed by atoms with E-state index in [0.717, 1.165) is 0 Å². The molecule has 0 aliphatic heterocycles. The van der Waals surface area contributed by atoms with E-state index in [0.29, 0.717) is 17.6 Å². The van der Waals surface area contributed by atoms with Crippen LogP contribution >= 0.6 is 0 Å². The van der Waals surface area contributed by atoms with Crippen LogP contribution in [0.1, 0.15) is 17.3 Å². The van der Waals surface area contributed by atoms with Crippen molar-refractivity contribution < 1.29 is 14.7 Å². The van der Waals surface area contributed by atoms with Crippen LogP contribution in [0.3, 0.4) is 0 Å². The number of carbonyl (C=O) groups is 2. The van der Waals surface area contributed by atoms with E-state index in [9.17, 15) is 9.59 Å². The summed E-state index contributed by atoms with van der Waals surface area (Å²) in [6.45, 7) is 2.68. The van der Waals surface area contributed by atoms with Gasteiger partial charge in [-0.2, -0.15) is 0 Å². The highest BCUT2D eigenvalue weighted by atomic mass is 16.4. The number of para-hydroxylation sites is 1. The van der Waals surface area contributed by atoms with E-state index in [1.54, 1.807) is 28.6 Å². The third-order valence-corrected chi connectivity index (χ3v) is 3.09. The van der Waals surface area contributed by atoms with Gasteiger partial charge in [0.05, 0.1) is 17.4 Å². The average Bonchev–Trinajstić information content (AvgIpc) is 2.80. The number of carboxylic acid groups (broad SMARTS) is 1. The summed E-state index contributed by atoms with van der Waals surface area (Å²) in [5, 5.41) is 9.08. The highest BCUT2D eigenvalue weighted by Gasteiger charge is 2.14. The van der Waals surface area contributed by atoms with Gasteiger partial charge < -0.3 is 14.6 Å². The maximum atomic E-state index is 11.9. The van der Waals surface area contributed by atoms with Crippen molar-refractivity contribution in [3.63, 3.8) is 0 Å². The van der Waals surface area contributed by atoms with Crippen LogP contribution in [-0.2, 0) is 11.3 Å². The molecule has 0 aliphatic rings. The van der Waals surface area contributed by atoms with Crippen molar-refractivity contribution in [2.75, 3.05) is 13.6 Å². The van der Waals surface area contributed by atoms with Gasteiger partial charge in [0.2, 0.25) is 5.91 Å². The minimum atomic E-state index is -1.02. The molecule has 19 heavy (non-hydrogen) atoms. The molecule has 0 unspecified atom stereocenters. The lowest BCUT2D eigenvalue weighted by molar-refractivity contribution is -0.130. The number of nitrogens with zero attached hydrogens (tertiary/aromatic N) is 3. The Bertz CT molecular complexity index is 633. The molecule has 6 heteroatoms. The first-order chi connectivity index (χ1) is 9.04. The maximum Gasteiger partial charge on any atom is 0.337 e. The number of likely N-dealkylation sites (N-methyl/N-ethyl adjacent to an activating group) is 1. The zero-order chi connectivity index (χ0) is 14.0. The Morgan fingerprint density at radius 2 is 2.16 bits per heavy atom. The van der Waals surface area contributed by atoms with E-state index in [4.69, 9.17) is 5.11 Å². The number of benzene rings is 1. The van der Waals surface area contributed by atoms with Gasteiger partial charge in [-0.3, -0.25) is 4.79 Å². The molecule has 0 saturated carbocycles.